The number of ether oxygens (including phenoxy) is 2. The molecule has 1 unspecified atom stereocenters. The fourth-order valence-electron chi connectivity index (χ4n) is 4.48. The Balaban J connectivity index is 1.59. The Morgan fingerprint density at radius 3 is 2.62 bits per heavy atom. The number of hydrogen-bond donors (Lipinski definition) is 2. The minimum absolute atomic E-state index is 0.191. The molecule has 176 valence electrons. The summed E-state index contributed by atoms with van der Waals surface area (Å²) in [4.78, 5) is 31.4. The van der Waals surface area contributed by atoms with E-state index in [-0.39, 0.29) is 12.0 Å². The number of rotatable bonds is 7. The summed E-state index contributed by atoms with van der Waals surface area (Å²) in [6.07, 6.45) is 6.60. The van der Waals surface area contributed by atoms with Crippen LogP contribution < -0.4 is 15.4 Å². The van der Waals surface area contributed by atoms with Gasteiger partial charge in [-0.05, 0) is 43.9 Å². The van der Waals surface area contributed by atoms with E-state index >= 15 is 0 Å². The van der Waals surface area contributed by atoms with E-state index in [0.717, 1.165) is 50.4 Å². The van der Waals surface area contributed by atoms with Gasteiger partial charge < -0.3 is 25.0 Å². The number of esters is 1. The number of hydrogen-bond acceptors (Lipinski definition) is 5. The van der Waals surface area contributed by atoms with E-state index in [4.69, 9.17) is 14.5 Å². The zero-order valence-electron chi connectivity index (χ0n) is 19.5. The molecular weight excluding hydrogens is 408 g/mol. The first kappa shape index (κ1) is 23.9. The van der Waals surface area contributed by atoms with Gasteiger partial charge in [0.05, 0.1) is 20.8 Å². The molecule has 1 aliphatic carbocycles. The van der Waals surface area contributed by atoms with Crippen LogP contribution in [0.15, 0.2) is 23.2 Å². The van der Waals surface area contributed by atoms with Crippen LogP contribution in [0.2, 0.25) is 0 Å². The Bertz CT molecular complexity index is 820. The van der Waals surface area contributed by atoms with Crippen molar-refractivity contribution in [2.75, 3.05) is 33.9 Å². The minimum Gasteiger partial charge on any atom is -0.496 e. The molecule has 0 spiro atoms. The van der Waals surface area contributed by atoms with E-state index in [1.165, 1.54) is 33.5 Å². The van der Waals surface area contributed by atoms with Crippen molar-refractivity contribution in [1.82, 2.24) is 15.5 Å². The highest BCUT2D eigenvalue weighted by Crippen LogP contribution is 2.27. The van der Waals surface area contributed by atoms with E-state index in [0.29, 0.717) is 23.8 Å². The van der Waals surface area contributed by atoms with Crippen molar-refractivity contribution in [3.8, 4) is 5.75 Å². The molecule has 2 fully saturated rings. The monoisotopic (exact) mass is 444 g/mol. The van der Waals surface area contributed by atoms with Crippen molar-refractivity contribution >= 4 is 17.8 Å². The number of nitrogens with zero attached hydrogens (tertiary/aromatic N) is 2. The van der Waals surface area contributed by atoms with Gasteiger partial charge in [0.1, 0.15) is 11.3 Å². The molecule has 32 heavy (non-hydrogen) atoms. The van der Waals surface area contributed by atoms with Gasteiger partial charge in [0.25, 0.3) is 0 Å². The lowest BCUT2D eigenvalue weighted by atomic mass is 9.88. The van der Waals surface area contributed by atoms with Crippen LogP contribution in [0.25, 0.3) is 0 Å². The second-order valence-corrected chi connectivity index (χ2v) is 8.47. The van der Waals surface area contributed by atoms with Gasteiger partial charge in [-0.1, -0.05) is 25.3 Å². The van der Waals surface area contributed by atoms with Crippen molar-refractivity contribution in [3.63, 3.8) is 0 Å². The summed E-state index contributed by atoms with van der Waals surface area (Å²) in [5, 5.41) is 6.77. The summed E-state index contributed by atoms with van der Waals surface area (Å²) < 4.78 is 10.1. The number of benzene rings is 1. The predicted octanol–water partition coefficient (Wildman–Crippen LogP) is 2.72. The number of likely N-dealkylation sites (tertiary alicyclic amines) is 1. The van der Waals surface area contributed by atoms with Crippen molar-refractivity contribution < 1.29 is 19.1 Å². The third kappa shape index (κ3) is 6.14. The number of guanidine groups is 1. The minimum atomic E-state index is -0.430. The van der Waals surface area contributed by atoms with Gasteiger partial charge in [0.15, 0.2) is 5.96 Å². The molecule has 1 heterocycles. The first-order valence-electron chi connectivity index (χ1n) is 11.6. The quantitative estimate of drug-likeness (QED) is 0.382. The summed E-state index contributed by atoms with van der Waals surface area (Å²) in [5.41, 5.74) is 1.31. The molecule has 0 aromatic heterocycles. The normalized spacial score (nSPS) is 19.5. The third-order valence-electron chi connectivity index (χ3n) is 6.23. The lowest BCUT2D eigenvalue weighted by Crippen LogP contribution is -2.45. The van der Waals surface area contributed by atoms with Crippen LogP contribution >= 0.6 is 0 Å². The Morgan fingerprint density at radius 2 is 1.94 bits per heavy atom. The average molecular weight is 445 g/mol. The van der Waals surface area contributed by atoms with Gasteiger partial charge in [-0.3, -0.25) is 4.79 Å². The van der Waals surface area contributed by atoms with Crippen LogP contribution in [0, 0.1) is 5.92 Å². The van der Waals surface area contributed by atoms with E-state index < -0.39 is 5.97 Å². The van der Waals surface area contributed by atoms with Crippen molar-refractivity contribution in [3.05, 3.63) is 29.3 Å². The molecule has 1 atom stereocenters. The summed E-state index contributed by atoms with van der Waals surface area (Å²) in [6.45, 7) is 4.73. The highest BCUT2D eigenvalue weighted by Gasteiger charge is 2.31. The fourth-order valence-corrected chi connectivity index (χ4v) is 4.48. The molecule has 8 heteroatoms. The van der Waals surface area contributed by atoms with Crippen molar-refractivity contribution in [2.45, 2.75) is 58.0 Å². The molecule has 1 aromatic carbocycles. The van der Waals surface area contributed by atoms with Crippen LogP contribution in [-0.2, 0) is 16.1 Å². The lowest BCUT2D eigenvalue weighted by molar-refractivity contribution is -0.135. The molecule has 0 bridgehead atoms. The van der Waals surface area contributed by atoms with Gasteiger partial charge in [0.2, 0.25) is 5.91 Å². The maximum absolute atomic E-state index is 12.8. The van der Waals surface area contributed by atoms with E-state index in [2.05, 4.69) is 10.6 Å². The number of carbonyl (C=O) groups excluding carboxylic acids is 2. The zero-order valence-corrected chi connectivity index (χ0v) is 19.5. The molecule has 1 saturated heterocycles. The van der Waals surface area contributed by atoms with Gasteiger partial charge in [-0.25, -0.2) is 9.79 Å². The zero-order chi connectivity index (χ0) is 22.9. The number of nitrogens with one attached hydrogen (secondary N) is 2. The standard InChI is InChI=1S/C24H36N4O4/c1-4-25-24(26-15-17-10-11-20(23(30)32-3)21(14-17)31-2)27-19-12-13-28(16-19)22(29)18-8-6-5-7-9-18/h10-11,14,18-19H,4-9,12-13,15-16H2,1-3H3,(H2,25,26,27). The average Bonchev–Trinajstić information content (AvgIpc) is 3.30. The highest BCUT2D eigenvalue weighted by molar-refractivity contribution is 5.92. The molecule has 1 saturated carbocycles. The first-order valence-corrected chi connectivity index (χ1v) is 11.6. The van der Waals surface area contributed by atoms with Crippen LogP contribution in [0.3, 0.4) is 0 Å². The second kappa shape index (κ2) is 11.7. The highest BCUT2D eigenvalue weighted by atomic mass is 16.5. The first-order chi connectivity index (χ1) is 15.5. The van der Waals surface area contributed by atoms with E-state index in [9.17, 15) is 9.59 Å². The summed E-state index contributed by atoms with van der Waals surface area (Å²) >= 11 is 0. The van der Waals surface area contributed by atoms with Crippen LogP contribution in [0.5, 0.6) is 5.75 Å². The lowest BCUT2D eigenvalue weighted by Gasteiger charge is -2.26. The van der Waals surface area contributed by atoms with E-state index in [1.807, 2.05) is 17.9 Å². The molecule has 0 radical (unpaired) electrons. The summed E-state index contributed by atoms with van der Waals surface area (Å²) in [7, 11) is 2.88. The smallest absolute Gasteiger partial charge is 0.341 e. The van der Waals surface area contributed by atoms with Gasteiger partial charge in [-0.2, -0.15) is 0 Å². The van der Waals surface area contributed by atoms with Gasteiger partial charge in [-0.15, -0.1) is 0 Å². The molecule has 8 nitrogen and oxygen atoms in total. The largest absolute Gasteiger partial charge is 0.496 e. The molecule has 1 aromatic rings. The van der Waals surface area contributed by atoms with Crippen LogP contribution in [0.4, 0.5) is 0 Å². The third-order valence-corrected chi connectivity index (χ3v) is 6.23. The number of amides is 1. The number of methoxy groups -OCH3 is 2. The number of carbonyl (C=O) groups is 2. The predicted molar refractivity (Wildman–Crippen MR) is 124 cm³/mol. The molecular formula is C24H36N4O4. The Labute approximate surface area is 190 Å². The Kier molecular flexibility index (Phi) is 8.76. The molecule has 3 rings (SSSR count). The Morgan fingerprint density at radius 1 is 1.16 bits per heavy atom. The number of aliphatic imine (C=N–C) groups is 1. The van der Waals surface area contributed by atoms with Gasteiger partial charge in [0, 0.05) is 31.6 Å². The van der Waals surface area contributed by atoms with Gasteiger partial charge >= 0.3 is 5.97 Å². The second-order valence-electron chi connectivity index (χ2n) is 8.47. The van der Waals surface area contributed by atoms with Crippen LogP contribution in [0.1, 0.15) is 61.4 Å². The fraction of sp³-hybridized carbons (Fsp3) is 0.625. The SMILES string of the molecule is CCNC(=NCc1ccc(C(=O)OC)c(OC)c1)NC1CCN(C(=O)C2CCCCC2)C1. The summed E-state index contributed by atoms with van der Waals surface area (Å²) in [5.74, 6) is 1.30. The maximum Gasteiger partial charge on any atom is 0.341 e. The van der Waals surface area contributed by atoms with Crippen molar-refractivity contribution in [1.29, 1.82) is 0 Å². The van der Waals surface area contributed by atoms with E-state index in [1.54, 1.807) is 12.1 Å². The molecule has 2 aliphatic rings. The molecule has 1 aliphatic heterocycles. The maximum atomic E-state index is 12.8. The Hall–Kier alpha value is -2.77. The van der Waals surface area contributed by atoms with Crippen molar-refractivity contribution in [2.24, 2.45) is 10.9 Å². The molecule has 1 amide bonds. The topological polar surface area (TPSA) is 92.3 Å². The molecule has 2 N–H and O–H groups in total. The van der Waals surface area contributed by atoms with Crippen LogP contribution in [-0.4, -0.2) is 62.6 Å². The summed E-state index contributed by atoms with van der Waals surface area (Å²) in [6, 6.07) is 5.54.